The average molecular weight is 398 g/mol. The number of amides is 2. The first kappa shape index (κ1) is 22.5. The molecule has 27 heavy (non-hydrogen) atoms. The van der Waals surface area contributed by atoms with Crippen molar-refractivity contribution in [3.8, 4) is 11.1 Å². The molecule has 2 aromatic carbocycles. The Labute approximate surface area is 162 Å². The van der Waals surface area contributed by atoms with E-state index in [1.807, 2.05) is 0 Å². The number of anilines is 1. The molecule has 4 N–H and O–H groups in total. The van der Waals surface area contributed by atoms with Gasteiger partial charge in [0.25, 0.3) is 0 Å². The van der Waals surface area contributed by atoms with Crippen molar-refractivity contribution >= 4 is 29.9 Å². The van der Waals surface area contributed by atoms with Crippen LogP contribution < -0.4 is 16.4 Å². The minimum atomic E-state index is -0.705. The molecule has 0 aliphatic heterocycles. The summed E-state index contributed by atoms with van der Waals surface area (Å²) < 4.78 is 26.7. The molecule has 1 atom stereocenters. The van der Waals surface area contributed by atoms with Gasteiger partial charge in [-0.25, -0.2) is 8.78 Å². The first-order valence-corrected chi connectivity index (χ1v) is 8.16. The second-order valence-corrected chi connectivity index (χ2v) is 6.23. The Morgan fingerprint density at radius 1 is 1.04 bits per heavy atom. The molecule has 0 heterocycles. The van der Waals surface area contributed by atoms with E-state index in [0.29, 0.717) is 16.8 Å². The van der Waals surface area contributed by atoms with Crippen molar-refractivity contribution < 1.29 is 18.4 Å². The molecule has 0 aromatic heterocycles. The van der Waals surface area contributed by atoms with Crippen LogP contribution in [-0.2, 0) is 9.59 Å². The predicted octanol–water partition coefficient (Wildman–Crippen LogP) is 3.09. The van der Waals surface area contributed by atoms with Gasteiger partial charge in [-0.1, -0.05) is 26.0 Å². The molecule has 0 saturated carbocycles. The minimum absolute atomic E-state index is 0. The number of halogens is 3. The van der Waals surface area contributed by atoms with Gasteiger partial charge in [0.2, 0.25) is 11.8 Å². The van der Waals surface area contributed by atoms with Crippen LogP contribution in [0.5, 0.6) is 0 Å². The average Bonchev–Trinajstić information content (AvgIpc) is 2.61. The number of nitrogens with two attached hydrogens (primary N) is 1. The SMILES string of the molecule is CC(C)[C@H](N)C(=O)NCC(=O)Nc1ccc(F)cc1-c1ccc(F)cc1.Cl. The molecule has 0 bridgehead atoms. The third-order valence-electron chi connectivity index (χ3n) is 3.86. The quantitative estimate of drug-likeness (QED) is 0.700. The fourth-order valence-corrected chi connectivity index (χ4v) is 2.28. The van der Waals surface area contributed by atoms with E-state index in [-0.39, 0.29) is 24.9 Å². The lowest BCUT2D eigenvalue weighted by atomic mass is 10.0. The summed E-state index contributed by atoms with van der Waals surface area (Å²) in [7, 11) is 0. The third-order valence-corrected chi connectivity index (χ3v) is 3.86. The predicted molar refractivity (Wildman–Crippen MR) is 103 cm³/mol. The van der Waals surface area contributed by atoms with Crippen molar-refractivity contribution in [2.75, 3.05) is 11.9 Å². The first-order valence-electron chi connectivity index (χ1n) is 8.16. The summed E-state index contributed by atoms with van der Waals surface area (Å²) in [4.78, 5) is 23.9. The molecule has 0 fully saturated rings. The molecule has 146 valence electrons. The smallest absolute Gasteiger partial charge is 0.243 e. The number of hydrogen-bond acceptors (Lipinski definition) is 3. The first-order chi connectivity index (χ1) is 12.3. The van der Waals surface area contributed by atoms with Crippen molar-refractivity contribution in [1.82, 2.24) is 5.32 Å². The molecule has 8 heteroatoms. The lowest BCUT2D eigenvalue weighted by molar-refractivity contribution is -0.125. The molecule has 2 amide bonds. The Bertz CT molecular complexity index is 798. The molecule has 0 spiro atoms. The zero-order valence-corrected chi connectivity index (χ0v) is 15.8. The van der Waals surface area contributed by atoms with Crippen LogP contribution in [-0.4, -0.2) is 24.4 Å². The van der Waals surface area contributed by atoms with Gasteiger partial charge in [-0.3, -0.25) is 9.59 Å². The van der Waals surface area contributed by atoms with Crippen LogP contribution in [0, 0.1) is 17.6 Å². The fraction of sp³-hybridized carbons (Fsp3) is 0.263. The highest BCUT2D eigenvalue weighted by atomic mass is 35.5. The van der Waals surface area contributed by atoms with Gasteiger partial charge in [0, 0.05) is 11.3 Å². The lowest BCUT2D eigenvalue weighted by Crippen LogP contribution is -2.46. The molecule has 0 unspecified atom stereocenters. The van der Waals surface area contributed by atoms with Crippen LogP contribution >= 0.6 is 12.4 Å². The Kier molecular flexibility index (Phi) is 8.33. The summed E-state index contributed by atoms with van der Waals surface area (Å²) in [6.07, 6.45) is 0. The Balaban J connectivity index is 0.00000364. The molecule has 0 saturated heterocycles. The minimum Gasteiger partial charge on any atom is -0.346 e. The second-order valence-electron chi connectivity index (χ2n) is 6.23. The maximum atomic E-state index is 13.6. The van der Waals surface area contributed by atoms with Gasteiger partial charge < -0.3 is 16.4 Å². The van der Waals surface area contributed by atoms with Crippen molar-refractivity contribution in [2.45, 2.75) is 19.9 Å². The maximum absolute atomic E-state index is 13.6. The van der Waals surface area contributed by atoms with Gasteiger partial charge in [0.15, 0.2) is 0 Å². The van der Waals surface area contributed by atoms with Crippen LogP contribution in [0.4, 0.5) is 14.5 Å². The monoisotopic (exact) mass is 397 g/mol. The highest BCUT2D eigenvalue weighted by Gasteiger charge is 2.18. The maximum Gasteiger partial charge on any atom is 0.243 e. The number of carbonyl (C=O) groups is 2. The van der Waals surface area contributed by atoms with Crippen molar-refractivity contribution in [2.24, 2.45) is 11.7 Å². The standard InChI is InChI=1S/C19H21F2N3O2.ClH/c1-11(2)18(22)19(26)23-10-17(25)24-16-8-7-14(21)9-15(16)12-3-5-13(20)6-4-12;/h3-9,11,18H,10,22H2,1-2H3,(H,23,26)(H,24,25);1H/t18-;/m0./s1. The number of hydrogen-bond donors (Lipinski definition) is 3. The van der Waals surface area contributed by atoms with Gasteiger partial charge >= 0.3 is 0 Å². The molecular weight excluding hydrogens is 376 g/mol. The Hall–Kier alpha value is -2.51. The summed E-state index contributed by atoms with van der Waals surface area (Å²) >= 11 is 0. The largest absolute Gasteiger partial charge is 0.346 e. The van der Waals surface area contributed by atoms with Gasteiger partial charge in [-0.15, -0.1) is 12.4 Å². The van der Waals surface area contributed by atoms with Crippen molar-refractivity contribution in [1.29, 1.82) is 0 Å². The van der Waals surface area contributed by atoms with Crippen LogP contribution in [0.25, 0.3) is 11.1 Å². The highest BCUT2D eigenvalue weighted by Crippen LogP contribution is 2.29. The molecule has 2 aromatic rings. The van der Waals surface area contributed by atoms with E-state index in [9.17, 15) is 18.4 Å². The van der Waals surface area contributed by atoms with Gasteiger partial charge in [0.05, 0.1) is 12.6 Å². The molecule has 0 aliphatic rings. The van der Waals surface area contributed by atoms with Crippen molar-refractivity contribution in [3.63, 3.8) is 0 Å². The zero-order chi connectivity index (χ0) is 19.3. The van der Waals surface area contributed by atoms with E-state index in [1.165, 1.54) is 42.5 Å². The number of nitrogens with one attached hydrogen (secondary N) is 2. The van der Waals surface area contributed by atoms with E-state index in [4.69, 9.17) is 5.73 Å². The van der Waals surface area contributed by atoms with E-state index in [2.05, 4.69) is 10.6 Å². The van der Waals surface area contributed by atoms with E-state index >= 15 is 0 Å². The van der Waals surface area contributed by atoms with Crippen LogP contribution in [0.3, 0.4) is 0 Å². The molecule has 0 radical (unpaired) electrons. The molecule has 0 aliphatic carbocycles. The summed E-state index contributed by atoms with van der Waals surface area (Å²) in [5.41, 5.74) is 7.02. The van der Waals surface area contributed by atoms with Gasteiger partial charge in [-0.2, -0.15) is 0 Å². The summed E-state index contributed by atoms with van der Waals surface area (Å²) in [6, 6.07) is 8.63. The summed E-state index contributed by atoms with van der Waals surface area (Å²) in [5, 5.41) is 5.08. The van der Waals surface area contributed by atoms with E-state index in [0.717, 1.165) is 0 Å². The number of benzene rings is 2. The van der Waals surface area contributed by atoms with Gasteiger partial charge in [-0.05, 0) is 41.8 Å². The van der Waals surface area contributed by atoms with Crippen molar-refractivity contribution in [3.05, 3.63) is 54.1 Å². The second kappa shape index (κ2) is 9.99. The normalized spacial score (nSPS) is 11.5. The molecular formula is C19H22ClF2N3O2. The van der Waals surface area contributed by atoms with Crippen LogP contribution in [0.1, 0.15) is 13.8 Å². The third kappa shape index (κ3) is 6.30. The summed E-state index contributed by atoms with van der Waals surface area (Å²) in [5.74, 6) is -1.86. The molecule has 2 rings (SSSR count). The van der Waals surface area contributed by atoms with Crippen LogP contribution in [0.2, 0.25) is 0 Å². The van der Waals surface area contributed by atoms with E-state index in [1.54, 1.807) is 13.8 Å². The fourth-order valence-electron chi connectivity index (χ4n) is 2.28. The zero-order valence-electron chi connectivity index (χ0n) is 15.0. The van der Waals surface area contributed by atoms with Crippen LogP contribution in [0.15, 0.2) is 42.5 Å². The topological polar surface area (TPSA) is 84.2 Å². The lowest BCUT2D eigenvalue weighted by Gasteiger charge is -2.16. The highest BCUT2D eigenvalue weighted by molar-refractivity contribution is 5.98. The Morgan fingerprint density at radius 3 is 2.22 bits per heavy atom. The van der Waals surface area contributed by atoms with Gasteiger partial charge in [0.1, 0.15) is 11.6 Å². The summed E-state index contributed by atoms with van der Waals surface area (Å²) in [6.45, 7) is 3.34. The molecule has 5 nitrogen and oxygen atoms in total. The number of rotatable bonds is 6. The Morgan fingerprint density at radius 2 is 1.63 bits per heavy atom. The van der Waals surface area contributed by atoms with E-state index < -0.39 is 29.5 Å². The number of carbonyl (C=O) groups excluding carboxylic acids is 2.